The van der Waals surface area contributed by atoms with E-state index in [1.54, 1.807) is 25.1 Å². The molecule has 13 heteroatoms. The Labute approximate surface area is 251 Å². The number of halogens is 6. The fourth-order valence-electron chi connectivity index (χ4n) is 5.93. The van der Waals surface area contributed by atoms with Crippen molar-refractivity contribution in [1.29, 1.82) is 0 Å². The average Bonchev–Trinajstić information content (AvgIpc) is 3.20. The molecule has 0 unspecified atom stereocenters. The van der Waals surface area contributed by atoms with Gasteiger partial charge in [-0.1, -0.05) is 13.8 Å². The van der Waals surface area contributed by atoms with Crippen LogP contribution >= 0.6 is 0 Å². The van der Waals surface area contributed by atoms with E-state index in [9.17, 15) is 41.0 Å². The van der Waals surface area contributed by atoms with Gasteiger partial charge in [0.2, 0.25) is 0 Å². The van der Waals surface area contributed by atoms with Gasteiger partial charge in [-0.25, -0.2) is 9.59 Å². The molecule has 0 spiro atoms. The minimum absolute atomic E-state index is 0.0177. The zero-order valence-electron chi connectivity index (χ0n) is 24.9. The second-order valence-electron chi connectivity index (χ2n) is 11.8. The maximum Gasteiger partial charge on any atom is 0.416 e. The summed E-state index contributed by atoms with van der Waals surface area (Å²) in [4.78, 5) is 27.7. The molecule has 4 rings (SSSR count). The molecule has 2 atom stereocenters. The van der Waals surface area contributed by atoms with Crippen LogP contribution in [0, 0.1) is 5.41 Å². The Morgan fingerprint density at radius 2 is 1.70 bits per heavy atom. The van der Waals surface area contributed by atoms with Crippen molar-refractivity contribution in [2.75, 3.05) is 25.1 Å². The maximum atomic E-state index is 13.5. The summed E-state index contributed by atoms with van der Waals surface area (Å²) in [6.45, 7) is 7.44. The number of alkyl halides is 6. The second kappa shape index (κ2) is 11.9. The van der Waals surface area contributed by atoms with Crippen LogP contribution in [0.5, 0.6) is 5.75 Å². The van der Waals surface area contributed by atoms with Gasteiger partial charge in [0.25, 0.3) is 0 Å². The third-order valence-electron chi connectivity index (χ3n) is 8.23. The molecular weight excluding hydrogens is 594 g/mol. The number of amides is 2. The highest BCUT2D eigenvalue weighted by Gasteiger charge is 2.44. The molecule has 2 aromatic carbocycles. The van der Waals surface area contributed by atoms with Crippen LogP contribution in [0.3, 0.4) is 0 Å². The van der Waals surface area contributed by atoms with Crippen molar-refractivity contribution in [2.24, 2.45) is 5.41 Å². The Morgan fingerprint density at radius 1 is 1.09 bits per heavy atom. The number of methoxy groups -OCH3 is 1. The minimum atomic E-state index is -5.05. The van der Waals surface area contributed by atoms with Crippen LogP contribution in [-0.2, 0) is 17.1 Å². The summed E-state index contributed by atoms with van der Waals surface area (Å²) in [5, 5.41) is 9.87. The van der Waals surface area contributed by atoms with Gasteiger partial charge in [-0.15, -0.1) is 0 Å². The fraction of sp³-hybridized carbons (Fsp3) is 0.484. The zero-order chi connectivity index (χ0) is 32.8. The Kier molecular flexibility index (Phi) is 8.92. The molecule has 2 aromatic rings. The number of ether oxygens (including phenoxy) is 2. The van der Waals surface area contributed by atoms with E-state index in [2.05, 4.69) is 0 Å². The van der Waals surface area contributed by atoms with Crippen LogP contribution in [0.25, 0.3) is 5.57 Å². The summed E-state index contributed by atoms with van der Waals surface area (Å²) in [5.41, 5.74) is -1.01. The molecule has 1 aliphatic heterocycles. The number of rotatable bonds is 7. The lowest BCUT2D eigenvalue weighted by molar-refractivity contribution is -0.143. The van der Waals surface area contributed by atoms with Gasteiger partial charge in [-0.3, -0.25) is 9.80 Å². The van der Waals surface area contributed by atoms with Crippen LogP contribution in [0.4, 0.5) is 41.6 Å². The van der Waals surface area contributed by atoms with Gasteiger partial charge in [-0.2, -0.15) is 26.3 Å². The van der Waals surface area contributed by atoms with Crippen LogP contribution in [0.15, 0.2) is 42.0 Å². The molecule has 1 aliphatic carbocycles. The first kappa shape index (κ1) is 33.0. The van der Waals surface area contributed by atoms with E-state index in [1.165, 1.54) is 23.8 Å². The molecule has 0 saturated carbocycles. The van der Waals surface area contributed by atoms with E-state index in [1.807, 2.05) is 13.8 Å². The van der Waals surface area contributed by atoms with Gasteiger partial charge in [0.1, 0.15) is 11.9 Å². The van der Waals surface area contributed by atoms with Gasteiger partial charge in [0.05, 0.1) is 30.0 Å². The van der Waals surface area contributed by atoms with Gasteiger partial charge in [0, 0.05) is 18.7 Å². The van der Waals surface area contributed by atoms with Crippen molar-refractivity contribution in [2.45, 2.75) is 71.5 Å². The highest BCUT2D eigenvalue weighted by molar-refractivity contribution is 5.92. The number of carbonyl (C=O) groups excluding carboxylic acids is 1. The smallest absolute Gasteiger partial charge is 0.416 e. The molecular formula is C31H34F6N2O5. The number of allylic oxidation sites excluding steroid dienone is 1. The van der Waals surface area contributed by atoms with Gasteiger partial charge >= 0.3 is 24.5 Å². The predicted octanol–water partition coefficient (Wildman–Crippen LogP) is 8.78. The van der Waals surface area contributed by atoms with Gasteiger partial charge < -0.3 is 14.6 Å². The third-order valence-corrected chi connectivity index (χ3v) is 8.23. The van der Waals surface area contributed by atoms with Crippen molar-refractivity contribution in [1.82, 2.24) is 4.90 Å². The third kappa shape index (κ3) is 6.76. The van der Waals surface area contributed by atoms with Gasteiger partial charge in [0.15, 0.2) is 0 Å². The molecule has 1 N–H and O–H groups in total. The average molecular weight is 629 g/mol. The van der Waals surface area contributed by atoms with E-state index in [0.717, 1.165) is 17.6 Å². The summed E-state index contributed by atoms with van der Waals surface area (Å²) in [7, 11) is 1.48. The van der Waals surface area contributed by atoms with E-state index >= 15 is 0 Å². The molecule has 0 aromatic heterocycles. The fourth-order valence-corrected chi connectivity index (χ4v) is 5.93. The summed E-state index contributed by atoms with van der Waals surface area (Å²) in [6.07, 6.45) is -11.7. The van der Waals surface area contributed by atoms with Crippen LogP contribution in [-0.4, -0.2) is 48.4 Å². The second-order valence-corrected chi connectivity index (χ2v) is 11.8. The molecule has 1 heterocycles. The minimum Gasteiger partial charge on any atom is -0.497 e. The molecule has 0 bridgehead atoms. The number of hydrogen-bond acceptors (Lipinski definition) is 4. The summed E-state index contributed by atoms with van der Waals surface area (Å²) >= 11 is 0. The highest BCUT2D eigenvalue weighted by atomic mass is 19.4. The number of anilines is 1. The Hall–Kier alpha value is -3.90. The van der Waals surface area contributed by atoms with E-state index in [4.69, 9.17) is 9.47 Å². The lowest BCUT2D eigenvalue weighted by atomic mass is 9.72. The SMILES string of the molecule is CCN(C(=O)O)c1ccc(OC)cc1C1=C(CN2C(=O)O[C@H](c3cc(C(F)(F)F)cc(C(F)(F)F)c3)[C@@H]2C)CC(C)(C)CC1. The Morgan fingerprint density at radius 3 is 2.23 bits per heavy atom. The predicted molar refractivity (Wildman–Crippen MR) is 150 cm³/mol. The first-order chi connectivity index (χ1) is 20.4. The number of benzene rings is 2. The van der Waals surface area contributed by atoms with Crippen LogP contribution in [0.2, 0.25) is 0 Å². The van der Waals surface area contributed by atoms with Crippen molar-refractivity contribution < 1.29 is 50.5 Å². The number of hydrogen-bond donors (Lipinski definition) is 1. The van der Waals surface area contributed by atoms with Crippen molar-refractivity contribution >= 4 is 23.4 Å². The lowest BCUT2D eigenvalue weighted by Gasteiger charge is -2.36. The summed E-state index contributed by atoms with van der Waals surface area (Å²) < 4.78 is 92.1. The molecule has 2 amide bonds. The highest BCUT2D eigenvalue weighted by Crippen LogP contribution is 2.47. The topological polar surface area (TPSA) is 79.3 Å². The monoisotopic (exact) mass is 628 g/mol. The van der Waals surface area contributed by atoms with E-state index in [-0.39, 0.29) is 24.6 Å². The zero-order valence-corrected chi connectivity index (χ0v) is 24.9. The first-order valence-corrected chi connectivity index (χ1v) is 14.0. The molecule has 1 saturated heterocycles. The molecule has 2 aliphatic rings. The molecule has 0 radical (unpaired) electrons. The number of carbonyl (C=O) groups is 2. The number of cyclic esters (lactones) is 1. The maximum absolute atomic E-state index is 13.5. The number of carboxylic acid groups (broad SMARTS) is 1. The first-order valence-electron chi connectivity index (χ1n) is 14.0. The van der Waals surface area contributed by atoms with Crippen molar-refractivity contribution in [3.05, 3.63) is 64.2 Å². The lowest BCUT2D eigenvalue weighted by Crippen LogP contribution is -2.36. The molecule has 240 valence electrons. The van der Waals surface area contributed by atoms with Crippen molar-refractivity contribution in [3.63, 3.8) is 0 Å². The van der Waals surface area contributed by atoms with E-state index < -0.39 is 53.4 Å². The standard InChI is InChI=1S/C31H34F6N2O5/c1-6-38(27(40)41)25-8-7-22(43-5)14-24(25)23-9-10-29(3,4)15-19(23)16-39-17(2)26(44-28(39)42)18-11-20(30(32,33)34)13-21(12-18)31(35,36)37/h7-8,11-14,17,26H,6,9-10,15-16H2,1-5H3,(H,40,41)/t17-,26-/m0/s1. The summed E-state index contributed by atoms with van der Waals surface area (Å²) in [6, 6.07) is 5.29. The largest absolute Gasteiger partial charge is 0.497 e. The van der Waals surface area contributed by atoms with Crippen molar-refractivity contribution in [3.8, 4) is 5.75 Å². The normalized spacial score (nSPS) is 20.5. The van der Waals surface area contributed by atoms with Crippen LogP contribution < -0.4 is 9.64 Å². The Bertz CT molecular complexity index is 1430. The Balaban J connectivity index is 1.79. The quantitative estimate of drug-likeness (QED) is 0.310. The summed E-state index contributed by atoms with van der Waals surface area (Å²) in [5.74, 6) is 0.487. The van der Waals surface area contributed by atoms with Crippen LogP contribution in [0.1, 0.15) is 75.3 Å². The van der Waals surface area contributed by atoms with E-state index in [0.29, 0.717) is 42.0 Å². The molecule has 7 nitrogen and oxygen atoms in total. The molecule has 1 fully saturated rings. The number of nitrogens with zero attached hydrogens (tertiary/aromatic N) is 2. The van der Waals surface area contributed by atoms with Gasteiger partial charge in [-0.05, 0) is 91.6 Å². The molecule has 44 heavy (non-hydrogen) atoms.